The third-order valence-corrected chi connectivity index (χ3v) is 4.59. The van der Waals surface area contributed by atoms with E-state index in [1.807, 2.05) is 4.90 Å². The number of carbonyl (C=O) groups is 1. The highest BCUT2D eigenvalue weighted by atomic mass is 16.2. The van der Waals surface area contributed by atoms with E-state index in [-0.39, 0.29) is 11.9 Å². The summed E-state index contributed by atoms with van der Waals surface area (Å²) in [6, 6.07) is 0.507. The fourth-order valence-corrected chi connectivity index (χ4v) is 3.51. The van der Waals surface area contributed by atoms with Crippen LogP contribution in [0.25, 0.3) is 0 Å². The van der Waals surface area contributed by atoms with E-state index in [2.05, 4.69) is 24.8 Å². The number of likely N-dealkylation sites (tertiary alicyclic amines) is 1. The number of hydrogen-bond donors (Lipinski definition) is 1. The Morgan fingerprint density at radius 3 is 2.90 bits per heavy atom. The van der Waals surface area contributed by atoms with E-state index < -0.39 is 0 Å². The fourth-order valence-electron chi connectivity index (χ4n) is 3.51. The second-order valence-electron chi connectivity index (χ2n) is 6.12. The van der Waals surface area contributed by atoms with E-state index in [0.717, 1.165) is 32.4 Å². The minimum absolute atomic E-state index is 0.142. The molecule has 0 bridgehead atoms. The van der Waals surface area contributed by atoms with Crippen LogP contribution in [0.1, 0.15) is 52.4 Å². The van der Waals surface area contributed by atoms with Gasteiger partial charge in [0.05, 0.1) is 6.54 Å². The first-order chi connectivity index (χ1) is 9.63. The molecule has 20 heavy (non-hydrogen) atoms. The second-order valence-corrected chi connectivity index (χ2v) is 6.12. The minimum atomic E-state index is 0.142. The van der Waals surface area contributed by atoms with Crippen LogP contribution in [-0.2, 0) is 4.79 Å². The second kappa shape index (κ2) is 7.23. The Kier molecular flexibility index (Phi) is 5.61. The molecule has 1 saturated heterocycles. The Hall–Kier alpha value is -0.870. The smallest absolute Gasteiger partial charge is 0.240 e. The van der Waals surface area contributed by atoms with Crippen LogP contribution in [0, 0.1) is 0 Å². The quantitative estimate of drug-likeness (QED) is 0.838. The van der Waals surface area contributed by atoms with Gasteiger partial charge in [-0.1, -0.05) is 12.5 Å². The fraction of sp³-hybridized carbons (Fsp3) is 0.812. The summed E-state index contributed by atoms with van der Waals surface area (Å²) in [5.41, 5.74) is 7.31. The molecule has 4 heteroatoms. The van der Waals surface area contributed by atoms with Gasteiger partial charge in [0.15, 0.2) is 0 Å². The molecule has 0 saturated carbocycles. The molecule has 0 spiro atoms. The molecule has 2 rings (SSSR count). The minimum Gasteiger partial charge on any atom is -0.327 e. The molecule has 4 nitrogen and oxygen atoms in total. The number of amides is 1. The predicted octanol–water partition coefficient (Wildman–Crippen LogP) is 2.10. The van der Waals surface area contributed by atoms with E-state index in [1.165, 1.54) is 25.0 Å². The van der Waals surface area contributed by atoms with Crippen molar-refractivity contribution in [3.8, 4) is 0 Å². The molecule has 1 fully saturated rings. The summed E-state index contributed by atoms with van der Waals surface area (Å²) in [5, 5.41) is 0. The maximum Gasteiger partial charge on any atom is 0.240 e. The molecule has 0 aromatic heterocycles. The van der Waals surface area contributed by atoms with E-state index in [4.69, 9.17) is 5.73 Å². The third-order valence-electron chi connectivity index (χ3n) is 4.59. The molecule has 1 amide bonds. The molecular formula is C16H29N3O. The largest absolute Gasteiger partial charge is 0.327 e. The zero-order chi connectivity index (χ0) is 14.5. The van der Waals surface area contributed by atoms with E-state index >= 15 is 0 Å². The van der Waals surface area contributed by atoms with Crippen molar-refractivity contribution in [2.75, 3.05) is 19.6 Å². The van der Waals surface area contributed by atoms with Gasteiger partial charge >= 0.3 is 0 Å². The number of nitrogens with two attached hydrogens (primary N) is 1. The van der Waals surface area contributed by atoms with Gasteiger partial charge < -0.3 is 10.6 Å². The standard InChI is InChI=1S/C16H29N3O/c1-3-19(14-8-4-5-9-14)16(20)12-18-11-7-6-10-15(18)13(2)17/h8,13,15H,3-7,9-12,17H2,1-2H3. The van der Waals surface area contributed by atoms with Crippen LogP contribution < -0.4 is 5.73 Å². The van der Waals surface area contributed by atoms with Gasteiger partial charge in [0.2, 0.25) is 5.91 Å². The van der Waals surface area contributed by atoms with Crippen LogP contribution in [0.3, 0.4) is 0 Å². The summed E-state index contributed by atoms with van der Waals surface area (Å²) >= 11 is 0. The summed E-state index contributed by atoms with van der Waals surface area (Å²) < 4.78 is 0. The molecule has 2 N–H and O–H groups in total. The average molecular weight is 279 g/mol. The summed E-state index contributed by atoms with van der Waals surface area (Å²) in [7, 11) is 0. The van der Waals surface area contributed by atoms with Crippen molar-refractivity contribution in [3.63, 3.8) is 0 Å². The molecule has 2 atom stereocenters. The number of rotatable bonds is 5. The molecule has 0 aromatic rings. The van der Waals surface area contributed by atoms with E-state index in [9.17, 15) is 4.79 Å². The zero-order valence-corrected chi connectivity index (χ0v) is 13.0. The Balaban J connectivity index is 1.97. The number of likely N-dealkylation sites (N-methyl/N-ethyl adjacent to an activating group) is 1. The van der Waals surface area contributed by atoms with E-state index in [1.54, 1.807) is 0 Å². The number of carbonyl (C=O) groups excluding carboxylic acids is 1. The van der Waals surface area contributed by atoms with Gasteiger partial charge in [0.1, 0.15) is 0 Å². The summed E-state index contributed by atoms with van der Waals surface area (Å²) in [5.74, 6) is 0.244. The van der Waals surface area contributed by atoms with Crippen molar-refractivity contribution < 1.29 is 4.79 Å². The number of hydrogen-bond acceptors (Lipinski definition) is 3. The van der Waals surface area contributed by atoms with Gasteiger partial charge in [-0.3, -0.25) is 9.69 Å². The van der Waals surface area contributed by atoms with E-state index in [0.29, 0.717) is 12.6 Å². The predicted molar refractivity (Wildman–Crippen MR) is 82.2 cm³/mol. The van der Waals surface area contributed by atoms with Crippen LogP contribution in [0.15, 0.2) is 11.8 Å². The molecule has 1 aliphatic carbocycles. The molecule has 0 radical (unpaired) electrons. The van der Waals surface area contributed by atoms with Gasteiger partial charge in [-0.05, 0) is 52.5 Å². The molecule has 1 heterocycles. The molecule has 1 aliphatic heterocycles. The summed E-state index contributed by atoms with van der Waals surface area (Å²) in [6.07, 6.45) is 9.12. The third kappa shape index (κ3) is 3.61. The molecule has 0 aromatic carbocycles. The van der Waals surface area contributed by atoms with Crippen molar-refractivity contribution in [1.82, 2.24) is 9.80 Å². The lowest BCUT2D eigenvalue weighted by Gasteiger charge is -2.38. The monoisotopic (exact) mass is 279 g/mol. The van der Waals surface area contributed by atoms with Crippen LogP contribution in [-0.4, -0.2) is 47.4 Å². The first-order valence-electron chi connectivity index (χ1n) is 8.12. The van der Waals surface area contributed by atoms with Crippen LogP contribution in [0.5, 0.6) is 0 Å². The van der Waals surface area contributed by atoms with Crippen LogP contribution in [0.2, 0.25) is 0 Å². The Morgan fingerprint density at radius 1 is 1.50 bits per heavy atom. The highest BCUT2D eigenvalue weighted by Gasteiger charge is 2.29. The van der Waals surface area contributed by atoms with Crippen molar-refractivity contribution in [2.24, 2.45) is 5.73 Å². The number of nitrogens with zero attached hydrogens (tertiary/aromatic N) is 2. The van der Waals surface area contributed by atoms with Crippen molar-refractivity contribution in [2.45, 2.75) is 64.5 Å². The first-order valence-corrected chi connectivity index (χ1v) is 8.12. The normalized spacial score (nSPS) is 25.4. The topological polar surface area (TPSA) is 49.6 Å². The molecular weight excluding hydrogens is 250 g/mol. The van der Waals surface area contributed by atoms with Crippen LogP contribution >= 0.6 is 0 Å². The first kappa shape index (κ1) is 15.5. The van der Waals surface area contributed by atoms with Gasteiger partial charge in [0, 0.05) is 24.3 Å². The number of piperidine rings is 1. The van der Waals surface area contributed by atoms with Gasteiger partial charge in [-0.2, -0.15) is 0 Å². The van der Waals surface area contributed by atoms with Gasteiger partial charge in [0.25, 0.3) is 0 Å². The molecule has 114 valence electrons. The molecule has 2 aliphatic rings. The zero-order valence-electron chi connectivity index (χ0n) is 13.0. The average Bonchev–Trinajstić information content (AvgIpc) is 2.94. The van der Waals surface area contributed by atoms with Gasteiger partial charge in [-0.15, -0.1) is 0 Å². The Morgan fingerprint density at radius 2 is 2.30 bits per heavy atom. The van der Waals surface area contributed by atoms with Crippen LogP contribution in [0.4, 0.5) is 0 Å². The lowest BCUT2D eigenvalue weighted by atomic mass is 9.97. The van der Waals surface area contributed by atoms with Gasteiger partial charge in [-0.25, -0.2) is 0 Å². The molecule has 2 unspecified atom stereocenters. The lowest BCUT2D eigenvalue weighted by molar-refractivity contribution is -0.131. The Bertz CT molecular complexity index is 365. The lowest BCUT2D eigenvalue weighted by Crippen LogP contribution is -2.52. The SMILES string of the molecule is CCN(C(=O)CN1CCCCC1C(C)N)C1=CCCC1. The highest BCUT2D eigenvalue weighted by molar-refractivity contribution is 5.80. The maximum atomic E-state index is 12.6. The van der Waals surface area contributed by atoms with Crippen molar-refractivity contribution >= 4 is 5.91 Å². The summed E-state index contributed by atoms with van der Waals surface area (Å²) in [4.78, 5) is 16.9. The Labute approximate surface area is 123 Å². The summed E-state index contributed by atoms with van der Waals surface area (Å²) in [6.45, 7) is 6.44. The maximum absolute atomic E-state index is 12.6. The number of allylic oxidation sites excluding steroid dienone is 2. The van der Waals surface area contributed by atoms with Crippen molar-refractivity contribution in [1.29, 1.82) is 0 Å². The van der Waals surface area contributed by atoms with Crippen molar-refractivity contribution in [3.05, 3.63) is 11.8 Å². The highest BCUT2D eigenvalue weighted by Crippen LogP contribution is 2.23.